The van der Waals surface area contributed by atoms with Crippen molar-refractivity contribution >= 4 is 23.2 Å². The number of amides is 1. The Hall–Kier alpha value is -1.22. The number of hydrogen-bond acceptors (Lipinski definition) is 2. The molecule has 4 heteroatoms. The van der Waals surface area contributed by atoms with Gasteiger partial charge in [-0.1, -0.05) is 19.1 Å². The number of para-hydroxylation sites is 1. The molecule has 0 aliphatic heterocycles. The fraction of sp³-hybridized carbons (Fsp3) is 0.500. The van der Waals surface area contributed by atoms with Gasteiger partial charge in [-0.25, -0.2) is 0 Å². The maximum Gasteiger partial charge on any atom is 0.241 e. The molecular formula is C14H20ClNO2. The van der Waals surface area contributed by atoms with E-state index in [0.29, 0.717) is 0 Å². The first kappa shape index (κ1) is 14.8. The highest BCUT2D eigenvalue weighted by Gasteiger charge is 2.17. The van der Waals surface area contributed by atoms with E-state index in [1.165, 1.54) is 0 Å². The lowest BCUT2D eigenvalue weighted by molar-refractivity contribution is -0.116. The largest absolute Gasteiger partial charge is 0.489 e. The highest BCUT2D eigenvalue weighted by Crippen LogP contribution is 2.32. The summed E-state index contributed by atoms with van der Waals surface area (Å²) in [7, 11) is 1.72. The van der Waals surface area contributed by atoms with Gasteiger partial charge >= 0.3 is 0 Å². The van der Waals surface area contributed by atoms with Gasteiger partial charge in [-0.3, -0.25) is 4.79 Å². The maximum absolute atomic E-state index is 11.7. The molecule has 100 valence electrons. The van der Waals surface area contributed by atoms with Gasteiger partial charge in [-0.15, -0.1) is 11.6 Å². The number of benzene rings is 1. The Balaban J connectivity index is 3.11. The summed E-state index contributed by atoms with van der Waals surface area (Å²) < 4.78 is 5.85. The average molecular weight is 270 g/mol. The molecule has 0 aliphatic rings. The van der Waals surface area contributed by atoms with Crippen LogP contribution in [0.25, 0.3) is 0 Å². The highest BCUT2D eigenvalue weighted by atomic mass is 35.5. The number of halogens is 1. The van der Waals surface area contributed by atoms with Crippen LogP contribution in [0.15, 0.2) is 18.2 Å². The summed E-state index contributed by atoms with van der Waals surface area (Å²) in [6, 6.07) is 5.76. The second-order valence-electron chi connectivity index (χ2n) is 4.34. The molecular weight excluding hydrogens is 250 g/mol. The molecule has 0 N–H and O–H groups in total. The van der Waals surface area contributed by atoms with Crippen LogP contribution in [0.5, 0.6) is 5.75 Å². The number of aryl methyl sites for hydroxylation is 1. The van der Waals surface area contributed by atoms with Crippen LogP contribution in [0.4, 0.5) is 5.69 Å². The molecule has 0 aromatic heterocycles. The molecule has 1 unspecified atom stereocenters. The molecule has 1 rings (SSSR count). The Morgan fingerprint density at radius 2 is 2.17 bits per heavy atom. The van der Waals surface area contributed by atoms with Crippen LogP contribution >= 0.6 is 11.6 Å². The number of ether oxygens (including phenoxy) is 1. The summed E-state index contributed by atoms with van der Waals surface area (Å²) in [5.74, 6) is 0.554. The number of anilines is 1. The normalized spacial score (nSPS) is 12.1. The number of rotatable bonds is 5. The van der Waals surface area contributed by atoms with Gasteiger partial charge in [0.15, 0.2) is 0 Å². The highest BCUT2D eigenvalue weighted by molar-refractivity contribution is 6.29. The van der Waals surface area contributed by atoms with Crippen LogP contribution in [-0.2, 0) is 4.79 Å². The third kappa shape index (κ3) is 3.39. The monoisotopic (exact) mass is 269 g/mol. The van der Waals surface area contributed by atoms with Gasteiger partial charge in [-0.2, -0.15) is 0 Å². The minimum absolute atomic E-state index is 0.0341. The average Bonchev–Trinajstić information content (AvgIpc) is 2.37. The second-order valence-corrected chi connectivity index (χ2v) is 4.61. The van der Waals surface area contributed by atoms with Gasteiger partial charge < -0.3 is 9.64 Å². The molecule has 0 aliphatic carbocycles. The van der Waals surface area contributed by atoms with Crippen LogP contribution in [0.2, 0.25) is 0 Å². The number of carbonyl (C=O) groups is 1. The third-order valence-corrected chi connectivity index (χ3v) is 3.16. The molecule has 1 aromatic rings. The van der Waals surface area contributed by atoms with E-state index in [0.717, 1.165) is 23.4 Å². The Labute approximate surface area is 114 Å². The van der Waals surface area contributed by atoms with Crippen LogP contribution < -0.4 is 9.64 Å². The molecule has 0 bridgehead atoms. The molecule has 1 amide bonds. The molecule has 0 spiro atoms. The molecule has 0 heterocycles. The Kier molecular flexibility index (Phi) is 5.48. The first-order valence-electron chi connectivity index (χ1n) is 6.10. The van der Waals surface area contributed by atoms with Gasteiger partial charge in [0.05, 0.1) is 11.8 Å². The molecule has 0 saturated carbocycles. The molecule has 1 atom stereocenters. The fourth-order valence-electron chi connectivity index (χ4n) is 1.67. The second kappa shape index (κ2) is 6.64. The summed E-state index contributed by atoms with van der Waals surface area (Å²) in [5.41, 5.74) is 1.79. The maximum atomic E-state index is 11.7. The Morgan fingerprint density at radius 1 is 1.50 bits per heavy atom. The molecule has 0 fully saturated rings. The van der Waals surface area contributed by atoms with Crippen LogP contribution in [-0.4, -0.2) is 24.9 Å². The number of nitrogens with zero attached hydrogens (tertiary/aromatic N) is 1. The predicted octanol–water partition coefficient (Wildman–Crippen LogP) is 3.37. The van der Waals surface area contributed by atoms with Crippen molar-refractivity contribution < 1.29 is 9.53 Å². The van der Waals surface area contributed by atoms with E-state index in [9.17, 15) is 4.79 Å². The molecule has 0 radical (unpaired) electrons. The Morgan fingerprint density at radius 3 is 2.72 bits per heavy atom. The topological polar surface area (TPSA) is 29.5 Å². The number of alkyl halides is 1. The molecule has 0 saturated heterocycles. The lowest BCUT2D eigenvalue weighted by Gasteiger charge is -2.24. The van der Waals surface area contributed by atoms with E-state index in [1.807, 2.05) is 32.0 Å². The van der Waals surface area contributed by atoms with E-state index in [1.54, 1.807) is 11.9 Å². The van der Waals surface area contributed by atoms with Crippen LogP contribution in [0, 0.1) is 6.92 Å². The molecule has 18 heavy (non-hydrogen) atoms. The summed E-state index contributed by atoms with van der Waals surface area (Å²) in [6.45, 7) is 6.03. The summed E-state index contributed by atoms with van der Waals surface area (Å²) in [5, 5.41) is 0. The van der Waals surface area contributed by atoms with Gasteiger partial charge in [0.1, 0.15) is 11.6 Å². The minimum atomic E-state index is -0.139. The van der Waals surface area contributed by atoms with Gasteiger partial charge in [0.25, 0.3) is 0 Å². The third-order valence-electron chi connectivity index (χ3n) is 2.93. The predicted molar refractivity (Wildman–Crippen MR) is 75.7 cm³/mol. The zero-order valence-electron chi connectivity index (χ0n) is 11.4. The Bertz CT molecular complexity index is 420. The smallest absolute Gasteiger partial charge is 0.241 e. The zero-order chi connectivity index (χ0) is 13.7. The quantitative estimate of drug-likeness (QED) is 0.767. The van der Waals surface area contributed by atoms with Gasteiger partial charge in [0, 0.05) is 7.05 Å². The summed E-state index contributed by atoms with van der Waals surface area (Å²) in [6.07, 6.45) is 1.03. The summed E-state index contributed by atoms with van der Waals surface area (Å²) >= 11 is 5.60. The zero-order valence-corrected chi connectivity index (χ0v) is 12.1. The summed E-state index contributed by atoms with van der Waals surface area (Å²) in [4.78, 5) is 13.3. The van der Waals surface area contributed by atoms with Crippen molar-refractivity contribution in [3.63, 3.8) is 0 Å². The fourth-order valence-corrected chi connectivity index (χ4v) is 1.85. The van der Waals surface area contributed by atoms with E-state index < -0.39 is 0 Å². The van der Waals surface area contributed by atoms with E-state index >= 15 is 0 Å². The SMILES string of the molecule is CCC(C)Oc1cccc(C)c1N(C)C(=O)CCl. The first-order valence-corrected chi connectivity index (χ1v) is 6.63. The lowest BCUT2D eigenvalue weighted by Crippen LogP contribution is -2.28. The van der Waals surface area contributed by atoms with Crippen molar-refractivity contribution in [1.82, 2.24) is 0 Å². The van der Waals surface area contributed by atoms with E-state index in [4.69, 9.17) is 16.3 Å². The minimum Gasteiger partial charge on any atom is -0.489 e. The van der Waals surface area contributed by atoms with E-state index in [2.05, 4.69) is 6.92 Å². The van der Waals surface area contributed by atoms with Crippen LogP contribution in [0.1, 0.15) is 25.8 Å². The van der Waals surface area contributed by atoms with Crippen LogP contribution in [0.3, 0.4) is 0 Å². The van der Waals surface area contributed by atoms with Crippen molar-refractivity contribution in [3.8, 4) is 5.75 Å². The van der Waals surface area contributed by atoms with Crippen molar-refractivity contribution in [2.45, 2.75) is 33.3 Å². The standard InChI is InChI=1S/C14H20ClNO2/c1-5-11(3)18-12-8-6-7-10(2)14(12)16(4)13(17)9-15/h6-8,11H,5,9H2,1-4H3. The van der Waals surface area contributed by atoms with Crippen molar-refractivity contribution in [2.24, 2.45) is 0 Å². The number of carbonyl (C=O) groups excluding carboxylic acids is 1. The van der Waals surface area contributed by atoms with E-state index in [-0.39, 0.29) is 17.9 Å². The van der Waals surface area contributed by atoms with Crippen molar-refractivity contribution in [2.75, 3.05) is 17.8 Å². The molecule has 1 aromatic carbocycles. The lowest BCUT2D eigenvalue weighted by atomic mass is 10.1. The first-order chi connectivity index (χ1) is 8.51. The van der Waals surface area contributed by atoms with Gasteiger partial charge in [-0.05, 0) is 31.9 Å². The van der Waals surface area contributed by atoms with Crippen molar-refractivity contribution in [3.05, 3.63) is 23.8 Å². The molecule has 3 nitrogen and oxygen atoms in total. The number of hydrogen-bond donors (Lipinski definition) is 0. The van der Waals surface area contributed by atoms with Crippen molar-refractivity contribution in [1.29, 1.82) is 0 Å². The van der Waals surface area contributed by atoms with Gasteiger partial charge in [0.2, 0.25) is 5.91 Å².